The SMILES string of the molecule is CCCN(CC#N)C(=O)c1cccc(C#N)c1. The second kappa shape index (κ2) is 6.30. The van der Waals surface area contributed by atoms with Crippen molar-refractivity contribution in [2.45, 2.75) is 13.3 Å². The zero-order valence-corrected chi connectivity index (χ0v) is 9.68. The first-order valence-electron chi connectivity index (χ1n) is 5.39. The van der Waals surface area contributed by atoms with Crippen LogP contribution in [0.3, 0.4) is 0 Å². The van der Waals surface area contributed by atoms with Gasteiger partial charge < -0.3 is 4.90 Å². The van der Waals surface area contributed by atoms with Crippen molar-refractivity contribution in [2.75, 3.05) is 13.1 Å². The Hall–Kier alpha value is -2.33. The quantitative estimate of drug-likeness (QED) is 0.738. The van der Waals surface area contributed by atoms with Crippen molar-refractivity contribution in [2.24, 2.45) is 0 Å². The molecule has 0 heterocycles. The van der Waals surface area contributed by atoms with E-state index in [1.807, 2.05) is 19.1 Å². The Morgan fingerprint density at radius 3 is 2.76 bits per heavy atom. The minimum absolute atomic E-state index is 0.0729. The second-order valence-electron chi connectivity index (χ2n) is 3.58. The van der Waals surface area contributed by atoms with Crippen LogP contribution in [-0.4, -0.2) is 23.9 Å². The number of amides is 1. The predicted molar refractivity (Wildman–Crippen MR) is 63.0 cm³/mol. The maximum atomic E-state index is 12.1. The molecule has 0 aliphatic carbocycles. The maximum Gasteiger partial charge on any atom is 0.254 e. The highest BCUT2D eigenvalue weighted by atomic mass is 16.2. The minimum Gasteiger partial charge on any atom is -0.325 e. The summed E-state index contributed by atoms with van der Waals surface area (Å²) >= 11 is 0. The molecule has 0 aliphatic heterocycles. The third kappa shape index (κ3) is 3.32. The standard InChI is InChI=1S/C13H13N3O/c1-2-7-16(8-6-14)13(17)12-5-3-4-11(9-12)10-15/h3-5,9H,2,7-8H2,1H3. The van der Waals surface area contributed by atoms with Crippen LogP contribution >= 0.6 is 0 Å². The Kier molecular flexibility index (Phi) is 4.72. The average Bonchev–Trinajstić information content (AvgIpc) is 2.38. The predicted octanol–water partition coefficient (Wildman–Crippen LogP) is 1.93. The van der Waals surface area contributed by atoms with Crippen LogP contribution in [0, 0.1) is 22.7 Å². The van der Waals surface area contributed by atoms with Crippen molar-refractivity contribution in [3.8, 4) is 12.1 Å². The summed E-state index contributed by atoms with van der Waals surface area (Å²) < 4.78 is 0. The lowest BCUT2D eigenvalue weighted by Gasteiger charge is -2.18. The molecule has 4 heteroatoms. The monoisotopic (exact) mass is 227 g/mol. The van der Waals surface area contributed by atoms with Crippen molar-refractivity contribution in [1.29, 1.82) is 10.5 Å². The Bertz CT molecular complexity index is 482. The summed E-state index contributed by atoms with van der Waals surface area (Å²) in [6, 6.07) is 10.5. The fourth-order valence-electron chi connectivity index (χ4n) is 1.51. The van der Waals surface area contributed by atoms with Gasteiger partial charge in [0.25, 0.3) is 5.91 Å². The molecular weight excluding hydrogens is 214 g/mol. The summed E-state index contributed by atoms with van der Waals surface area (Å²) in [5.74, 6) is -0.203. The van der Waals surface area contributed by atoms with Gasteiger partial charge in [0.15, 0.2) is 0 Å². The molecule has 0 fully saturated rings. The molecule has 0 aromatic heterocycles. The summed E-state index contributed by atoms with van der Waals surface area (Å²) in [6.45, 7) is 2.57. The summed E-state index contributed by atoms with van der Waals surface area (Å²) in [7, 11) is 0. The first kappa shape index (κ1) is 12.7. The van der Waals surface area contributed by atoms with Gasteiger partial charge in [-0.15, -0.1) is 0 Å². The van der Waals surface area contributed by atoms with Crippen LogP contribution in [0.25, 0.3) is 0 Å². The molecule has 1 aromatic rings. The smallest absolute Gasteiger partial charge is 0.254 e. The molecule has 0 radical (unpaired) electrons. The molecule has 0 bridgehead atoms. The van der Waals surface area contributed by atoms with Crippen molar-refractivity contribution >= 4 is 5.91 Å². The maximum absolute atomic E-state index is 12.1. The van der Waals surface area contributed by atoms with Crippen LogP contribution in [0.4, 0.5) is 0 Å². The first-order valence-corrected chi connectivity index (χ1v) is 5.39. The van der Waals surface area contributed by atoms with Crippen LogP contribution in [0.5, 0.6) is 0 Å². The molecule has 0 aliphatic rings. The average molecular weight is 227 g/mol. The second-order valence-corrected chi connectivity index (χ2v) is 3.58. The molecule has 0 atom stereocenters. The Morgan fingerprint density at radius 2 is 2.18 bits per heavy atom. The van der Waals surface area contributed by atoms with Gasteiger partial charge in [0.05, 0.1) is 17.7 Å². The van der Waals surface area contributed by atoms with E-state index >= 15 is 0 Å². The lowest BCUT2D eigenvalue weighted by atomic mass is 10.1. The minimum atomic E-state index is -0.203. The van der Waals surface area contributed by atoms with Gasteiger partial charge >= 0.3 is 0 Å². The number of carbonyl (C=O) groups excluding carboxylic acids is 1. The molecule has 1 rings (SSSR count). The fraction of sp³-hybridized carbons (Fsp3) is 0.308. The van der Waals surface area contributed by atoms with Gasteiger partial charge in [-0.05, 0) is 24.6 Å². The van der Waals surface area contributed by atoms with E-state index in [0.717, 1.165) is 6.42 Å². The van der Waals surface area contributed by atoms with Gasteiger partial charge in [0.1, 0.15) is 6.54 Å². The summed E-state index contributed by atoms with van der Waals surface area (Å²) in [4.78, 5) is 13.5. The molecule has 0 saturated heterocycles. The molecule has 1 amide bonds. The lowest BCUT2D eigenvalue weighted by Crippen LogP contribution is -2.32. The Balaban J connectivity index is 2.93. The van der Waals surface area contributed by atoms with E-state index in [2.05, 4.69) is 0 Å². The molecule has 0 unspecified atom stereocenters. The van der Waals surface area contributed by atoms with Crippen LogP contribution in [0.1, 0.15) is 29.3 Å². The van der Waals surface area contributed by atoms with E-state index in [4.69, 9.17) is 10.5 Å². The highest BCUT2D eigenvalue weighted by Crippen LogP contribution is 2.08. The van der Waals surface area contributed by atoms with E-state index in [-0.39, 0.29) is 12.5 Å². The summed E-state index contributed by atoms with van der Waals surface area (Å²) in [5, 5.41) is 17.4. The largest absolute Gasteiger partial charge is 0.325 e. The third-order valence-corrected chi connectivity index (χ3v) is 2.28. The summed E-state index contributed by atoms with van der Waals surface area (Å²) in [6.07, 6.45) is 0.797. The topological polar surface area (TPSA) is 67.9 Å². The van der Waals surface area contributed by atoms with Crippen molar-refractivity contribution in [1.82, 2.24) is 4.90 Å². The van der Waals surface area contributed by atoms with Gasteiger partial charge in [-0.3, -0.25) is 4.79 Å². The van der Waals surface area contributed by atoms with Crippen LogP contribution in [0.2, 0.25) is 0 Å². The number of nitrogens with zero attached hydrogens (tertiary/aromatic N) is 3. The Morgan fingerprint density at radius 1 is 1.41 bits per heavy atom. The normalized spacial score (nSPS) is 9.12. The van der Waals surface area contributed by atoms with E-state index in [1.165, 1.54) is 4.90 Å². The van der Waals surface area contributed by atoms with E-state index < -0.39 is 0 Å². The van der Waals surface area contributed by atoms with Crippen molar-refractivity contribution in [3.05, 3.63) is 35.4 Å². The van der Waals surface area contributed by atoms with E-state index in [9.17, 15) is 4.79 Å². The number of nitriles is 2. The first-order chi connectivity index (χ1) is 8.22. The van der Waals surface area contributed by atoms with Crippen molar-refractivity contribution in [3.63, 3.8) is 0 Å². The number of benzene rings is 1. The molecule has 17 heavy (non-hydrogen) atoms. The van der Waals surface area contributed by atoms with Gasteiger partial charge in [-0.25, -0.2) is 0 Å². The van der Waals surface area contributed by atoms with Crippen molar-refractivity contribution < 1.29 is 4.79 Å². The molecule has 0 N–H and O–H groups in total. The zero-order chi connectivity index (χ0) is 12.7. The Labute approximate surface area is 101 Å². The molecule has 4 nitrogen and oxygen atoms in total. The van der Waals surface area contributed by atoms with Gasteiger partial charge in [-0.1, -0.05) is 13.0 Å². The van der Waals surface area contributed by atoms with Gasteiger partial charge in [-0.2, -0.15) is 10.5 Å². The fourth-order valence-corrected chi connectivity index (χ4v) is 1.51. The van der Waals surface area contributed by atoms with Crippen LogP contribution in [-0.2, 0) is 0 Å². The van der Waals surface area contributed by atoms with Gasteiger partial charge in [0.2, 0.25) is 0 Å². The molecule has 0 spiro atoms. The summed E-state index contributed by atoms with van der Waals surface area (Å²) in [5.41, 5.74) is 0.900. The number of hydrogen-bond acceptors (Lipinski definition) is 3. The lowest BCUT2D eigenvalue weighted by molar-refractivity contribution is 0.0776. The molecule has 86 valence electrons. The number of carbonyl (C=O) groups is 1. The van der Waals surface area contributed by atoms with Gasteiger partial charge in [0, 0.05) is 12.1 Å². The highest BCUT2D eigenvalue weighted by Gasteiger charge is 2.14. The van der Waals surface area contributed by atoms with E-state index in [1.54, 1.807) is 24.3 Å². The van der Waals surface area contributed by atoms with Crippen LogP contribution in [0.15, 0.2) is 24.3 Å². The molecule has 1 aromatic carbocycles. The van der Waals surface area contributed by atoms with E-state index in [0.29, 0.717) is 17.7 Å². The zero-order valence-electron chi connectivity index (χ0n) is 9.68. The molecule has 0 saturated carbocycles. The van der Waals surface area contributed by atoms with Crippen LogP contribution < -0.4 is 0 Å². The number of rotatable bonds is 4. The third-order valence-electron chi connectivity index (χ3n) is 2.28. The molecular formula is C13H13N3O. The number of hydrogen-bond donors (Lipinski definition) is 0. The highest BCUT2D eigenvalue weighted by molar-refractivity contribution is 5.94.